The van der Waals surface area contributed by atoms with Gasteiger partial charge in [0.25, 0.3) is 5.69 Å². The molecule has 0 saturated heterocycles. The number of nitro groups is 1. The van der Waals surface area contributed by atoms with Crippen molar-refractivity contribution in [3.63, 3.8) is 0 Å². The molecule has 1 atom stereocenters. The first kappa shape index (κ1) is 21.3. The minimum atomic E-state index is -4.55. The lowest BCUT2D eigenvalue weighted by molar-refractivity contribution is -0.384. The predicted octanol–water partition coefficient (Wildman–Crippen LogP) is 4.61. The highest BCUT2D eigenvalue weighted by molar-refractivity contribution is 6.32. The number of nitrogens with one attached hydrogen (secondary N) is 2. The van der Waals surface area contributed by atoms with Crippen LogP contribution >= 0.6 is 11.6 Å². The van der Waals surface area contributed by atoms with Gasteiger partial charge in [0.2, 0.25) is 5.91 Å². The Morgan fingerprint density at radius 3 is 2.46 bits per heavy atom. The molecule has 0 aliphatic heterocycles. The average molecular weight is 418 g/mol. The largest absolute Gasteiger partial charge is 0.456 e. The Bertz CT molecular complexity index is 906. The topological polar surface area (TPSA) is 93.5 Å². The van der Waals surface area contributed by atoms with Crippen molar-refractivity contribution >= 4 is 28.9 Å². The predicted molar refractivity (Wildman–Crippen MR) is 96.8 cm³/mol. The molecule has 7 nitrogen and oxygen atoms in total. The molecule has 2 N–H and O–H groups in total. The van der Waals surface area contributed by atoms with E-state index < -0.39 is 28.6 Å². The summed E-state index contributed by atoms with van der Waals surface area (Å²) in [4.78, 5) is 22.2. The minimum absolute atomic E-state index is 0.00151. The third-order valence-electron chi connectivity index (χ3n) is 3.66. The number of hydrogen-bond acceptors (Lipinski definition) is 5. The molecule has 0 bridgehead atoms. The molecule has 28 heavy (non-hydrogen) atoms. The number of carbonyl (C=O) groups is 1. The summed E-state index contributed by atoms with van der Waals surface area (Å²) in [6, 6.07) is 5.45. The van der Waals surface area contributed by atoms with Gasteiger partial charge < -0.3 is 15.4 Å². The SMILES string of the molecule is CNC(=O)C(C)Nc1cc(Oc2ccc(C(F)(F)F)cc2Cl)ccc1[N+](=O)[O-]. The van der Waals surface area contributed by atoms with E-state index in [0.717, 1.165) is 24.3 Å². The van der Waals surface area contributed by atoms with Crippen LogP contribution in [0.2, 0.25) is 5.02 Å². The molecule has 0 aliphatic carbocycles. The standard InChI is InChI=1S/C17H15ClF3N3O4/c1-9(16(25)22-2)23-13-8-11(4-5-14(13)24(26)27)28-15-6-3-10(7-12(15)18)17(19,20)21/h3-9,23H,1-2H3,(H,22,25). The summed E-state index contributed by atoms with van der Waals surface area (Å²) in [5, 5.41) is 16.0. The van der Waals surface area contributed by atoms with Gasteiger partial charge in [0.1, 0.15) is 23.2 Å². The van der Waals surface area contributed by atoms with Crippen LogP contribution in [0.15, 0.2) is 36.4 Å². The highest BCUT2D eigenvalue weighted by atomic mass is 35.5. The van der Waals surface area contributed by atoms with E-state index in [4.69, 9.17) is 16.3 Å². The van der Waals surface area contributed by atoms with E-state index in [1.807, 2.05) is 0 Å². The second kappa shape index (κ2) is 8.34. The summed E-state index contributed by atoms with van der Waals surface area (Å²) < 4.78 is 43.6. The molecule has 2 aromatic carbocycles. The van der Waals surface area contributed by atoms with E-state index in [-0.39, 0.29) is 27.9 Å². The summed E-state index contributed by atoms with van der Waals surface area (Å²) in [6.45, 7) is 1.50. The van der Waals surface area contributed by atoms with Crippen molar-refractivity contribution in [3.05, 3.63) is 57.1 Å². The van der Waals surface area contributed by atoms with Crippen molar-refractivity contribution < 1.29 is 27.6 Å². The maximum absolute atomic E-state index is 12.7. The van der Waals surface area contributed by atoms with Gasteiger partial charge in [0.15, 0.2) is 0 Å². The van der Waals surface area contributed by atoms with Gasteiger partial charge in [-0.1, -0.05) is 11.6 Å². The molecule has 2 rings (SSSR count). The van der Waals surface area contributed by atoms with Crippen LogP contribution in [-0.2, 0) is 11.0 Å². The fourth-order valence-corrected chi connectivity index (χ4v) is 2.47. The minimum Gasteiger partial charge on any atom is -0.456 e. The summed E-state index contributed by atoms with van der Waals surface area (Å²) in [7, 11) is 1.42. The highest BCUT2D eigenvalue weighted by Crippen LogP contribution is 2.38. The maximum atomic E-state index is 12.7. The van der Waals surface area contributed by atoms with Crippen LogP contribution < -0.4 is 15.4 Å². The molecule has 0 spiro atoms. The zero-order valence-electron chi connectivity index (χ0n) is 14.6. The van der Waals surface area contributed by atoms with E-state index in [1.54, 1.807) is 0 Å². The normalized spacial score (nSPS) is 12.2. The van der Waals surface area contributed by atoms with Gasteiger partial charge in [-0.15, -0.1) is 0 Å². The number of rotatable bonds is 6. The van der Waals surface area contributed by atoms with E-state index in [1.165, 1.54) is 26.1 Å². The lowest BCUT2D eigenvalue weighted by Gasteiger charge is -2.15. The summed E-state index contributed by atoms with van der Waals surface area (Å²) in [5.74, 6) is -0.376. The second-order valence-corrected chi connectivity index (χ2v) is 6.07. The first-order valence-corrected chi connectivity index (χ1v) is 8.22. The molecule has 0 aliphatic rings. The Morgan fingerprint density at radius 2 is 1.93 bits per heavy atom. The summed E-state index contributed by atoms with van der Waals surface area (Å²) in [6.07, 6.45) is -4.55. The molecule has 0 radical (unpaired) electrons. The number of hydrogen-bond donors (Lipinski definition) is 2. The van der Waals surface area contributed by atoms with Gasteiger partial charge >= 0.3 is 6.18 Å². The van der Waals surface area contributed by atoms with Crippen molar-refractivity contribution in [2.75, 3.05) is 12.4 Å². The smallest absolute Gasteiger partial charge is 0.416 e. The van der Waals surface area contributed by atoms with Gasteiger partial charge in [-0.05, 0) is 31.2 Å². The molecule has 2 aromatic rings. The van der Waals surface area contributed by atoms with Crippen molar-refractivity contribution in [2.45, 2.75) is 19.1 Å². The number of nitrogens with zero attached hydrogens (tertiary/aromatic N) is 1. The number of amides is 1. The number of carbonyl (C=O) groups excluding carboxylic acids is 1. The average Bonchev–Trinajstić information content (AvgIpc) is 2.61. The number of alkyl halides is 3. The molecule has 150 valence electrons. The van der Waals surface area contributed by atoms with Crippen LogP contribution in [0.5, 0.6) is 11.5 Å². The third kappa shape index (κ3) is 5.03. The number of ether oxygens (including phenoxy) is 1. The number of anilines is 1. The van der Waals surface area contributed by atoms with Gasteiger partial charge in [0.05, 0.1) is 15.5 Å². The van der Waals surface area contributed by atoms with Crippen LogP contribution in [-0.4, -0.2) is 23.9 Å². The lowest BCUT2D eigenvalue weighted by Crippen LogP contribution is -2.35. The van der Waals surface area contributed by atoms with Gasteiger partial charge in [0, 0.05) is 19.2 Å². The van der Waals surface area contributed by atoms with Gasteiger partial charge in [-0.3, -0.25) is 14.9 Å². The summed E-state index contributed by atoms with van der Waals surface area (Å²) >= 11 is 5.85. The first-order valence-electron chi connectivity index (χ1n) is 7.84. The Kier molecular flexibility index (Phi) is 6.34. The monoisotopic (exact) mass is 417 g/mol. The number of halogens is 4. The molecule has 0 heterocycles. The zero-order chi connectivity index (χ0) is 21.1. The van der Waals surface area contributed by atoms with Gasteiger partial charge in [-0.2, -0.15) is 13.2 Å². The number of likely N-dealkylation sites (N-methyl/N-ethyl adjacent to an activating group) is 1. The fraction of sp³-hybridized carbons (Fsp3) is 0.235. The highest BCUT2D eigenvalue weighted by Gasteiger charge is 2.31. The second-order valence-electron chi connectivity index (χ2n) is 5.66. The van der Waals surface area contributed by atoms with E-state index in [9.17, 15) is 28.1 Å². The Hall–Kier alpha value is -3.01. The quantitative estimate of drug-likeness (QED) is 0.529. The van der Waals surface area contributed by atoms with Crippen molar-refractivity contribution in [2.24, 2.45) is 0 Å². The molecule has 1 amide bonds. The number of nitro benzene ring substituents is 1. The number of benzene rings is 2. The van der Waals surface area contributed by atoms with Crippen LogP contribution in [0.3, 0.4) is 0 Å². The lowest BCUT2D eigenvalue weighted by atomic mass is 10.2. The van der Waals surface area contributed by atoms with E-state index >= 15 is 0 Å². The van der Waals surface area contributed by atoms with Crippen molar-refractivity contribution in [3.8, 4) is 11.5 Å². The Balaban J connectivity index is 2.33. The molecule has 0 saturated carbocycles. The van der Waals surface area contributed by atoms with Crippen LogP contribution in [0.4, 0.5) is 24.5 Å². The molecule has 0 aromatic heterocycles. The zero-order valence-corrected chi connectivity index (χ0v) is 15.4. The van der Waals surface area contributed by atoms with Crippen molar-refractivity contribution in [1.29, 1.82) is 0 Å². The molecule has 11 heteroatoms. The summed E-state index contributed by atoms with van der Waals surface area (Å²) in [5.41, 5.74) is -1.24. The fourth-order valence-electron chi connectivity index (χ4n) is 2.26. The van der Waals surface area contributed by atoms with E-state index in [0.29, 0.717) is 0 Å². The van der Waals surface area contributed by atoms with Crippen molar-refractivity contribution in [1.82, 2.24) is 5.32 Å². The molecular formula is C17H15ClF3N3O4. The Labute approximate surface area is 162 Å². The maximum Gasteiger partial charge on any atom is 0.416 e. The van der Waals surface area contributed by atoms with Gasteiger partial charge in [-0.25, -0.2) is 0 Å². The molecule has 0 fully saturated rings. The Morgan fingerprint density at radius 1 is 1.25 bits per heavy atom. The molecule has 1 unspecified atom stereocenters. The first-order chi connectivity index (χ1) is 13.0. The van der Waals surface area contributed by atoms with E-state index in [2.05, 4.69) is 10.6 Å². The molecular weight excluding hydrogens is 403 g/mol. The van der Waals surface area contributed by atoms with Crippen LogP contribution in [0.1, 0.15) is 12.5 Å². The van der Waals surface area contributed by atoms with Crippen LogP contribution in [0.25, 0.3) is 0 Å². The van der Waals surface area contributed by atoms with Crippen LogP contribution in [0, 0.1) is 10.1 Å². The third-order valence-corrected chi connectivity index (χ3v) is 3.96.